The summed E-state index contributed by atoms with van der Waals surface area (Å²) in [5.41, 5.74) is 2.35. The quantitative estimate of drug-likeness (QED) is 0.653. The Bertz CT molecular complexity index is 845. The van der Waals surface area contributed by atoms with Crippen LogP contribution >= 0.6 is 28.1 Å². The number of nitrogens with one attached hydrogen (secondary N) is 3. The molecule has 1 saturated carbocycles. The van der Waals surface area contributed by atoms with E-state index in [1.807, 2.05) is 19.1 Å². The number of hydrogen-bond acceptors (Lipinski definition) is 4. The lowest BCUT2D eigenvalue weighted by atomic mass is 10.1. The molecule has 1 fully saturated rings. The summed E-state index contributed by atoms with van der Waals surface area (Å²) in [6.45, 7) is 1.92. The first kappa shape index (κ1) is 17.6. The van der Waals surface area contributed by atoms with E-state index >= 15 is 0 Å². The predicted molar refractivity (Wildman–Crippen MR) is 103 cm³/mol. The molecule has 0 unspecified atom stereocenters. The standard InChI is InChI=1S/C17H16BrN3O3S/c1-9-2-5-11(8-12(9)20-15(22)10-3-4-10)19-17(25)21-16(23)13-6-7-14(18)24-13/h2,5-8,10H,3-4H2,1H3,(H,20,22)(H2,19,21,23,25). The summed E-state index contributed by atoms with van der Waals surface area (Å²) in [6, 6.07) is 8.65. The third kappa shape index (κ3) is 4.67. The summed E-state index contributed by atoms with van der Waals surface area (Å²) >= 11 is 8.29. The number of hydrogen-bond donors (Lipinski definition) is 3. The van der Waals surface area contributed by atoms with Crippen LogP contribution in [0.1, 0.15) is 29.0 Å². The summed E-state index contributed by atoms with van der Waals surface area (Å²) in [5.74, 6) is -0.126. The molecule has 130 valence electrons. The summed E-state index contributed by atoms with van der Waals surface area (Å²) in [4.78, 5) is 23.9. The average Bonchev–Trinajstić information content (AvgIpc) is 3.32. The molecule has 25 heavy (non-hydrogen) atoms. The summed E-state index contributed by atoms with van der Waals surface area (Å²) < 4.78 is 5.64. The molecule has 6 nitrogen and oxygen atoms in total. The topological polar surface area (TPSA) is 83.4 Å². The number of amides is 2. The number of halogens is 1. The zero-order valence-electron chi connectivity index (χ0n) is 13.4. The maximum absolute atomic E-state index is 12.0. The van der Waals surface area contributed by atoms with Gasteiger partial charge in [-0.15, -0.1) is 0 Å². The molecule has 1 aliphatic rings. The van der Waals surface area contributed by atoms with Crippen LogP contribution in [0.3, 0.4) is 0 Å². The first-order chi connectivity index (χ1) is 11.9. The van der Waals surface area contributed by atoms with Gasteiger partial charge in [-0.2, -0.15) is 0 Å². The maximum atomic E-state index is 12.0. The fourth-order valence-electron chi connectivity index (χ4n) is 2.18. The lowest BCUT2D eigenvalue weighted by molar-refractivity contribution is -0.117. The minimum Gasteiger partial charge on any atom is -0.444 e. The number of benzene rings is 1. The summed E-state index contributed by atoms with van der Waals surface area (Å²) in [5, 5.41) is 8.54. The van der Waals surface area contributed by atoms with E-state index in [1.165, 1.54) is 0 Å². The minimum absolute atomic E-state index is 0.0412. The smallest absolute Gasteiger partial charge is 0.293 e. The second-order valence-corrected chi connectivity index (χ2v) is 7.00. The highest BCUT2D eigenvalue weighted by Crippen LogP contribution is 2.31. The van der Waals surface area contributed by atoms with Crippen LogP contribution in [0.4, 0.5) is 11.4 Å². The van der Waals surface area contributed by atoms with Gasteiger partial charge in [0.1, 0.15) is 0 Å². The Balaban J connectivity index is 1.62. The molecule has 3 N–H and O–H groups in total. The largest absolute Gasteiger partial charge is 0.444 e. The average molecular weight is 422 g/mol. The maximum Gasteiger partial charge on any atom is 0.293 e. The molecule has 0 spiro atoms. The second-order valence-electron chi connectivity index (χ2n) is 5.81. The van der Waals surface area contributed by atoms with E-state index in [0.717, 1.165) is 24.1 Å². The Kier molecular flexibility index (Phi) is 5.19. The van der Waals surface area contributed by atoms with E-state index in [4.69, 9.17) is 16.6 Å². The number of furan rings is 1. The molecular formula is C17H16BrN3O3S. The van der Waals surface area contributed by atoms with Crippen molar-refractivity contribution in [3.8, 4) is 0 Å². The van der Waals surface area contributed by atoms with Gasteiger partial charge in [0.25, 0.3) is 5.91 Å². The SMILES string of the molecule is Cc1ccc(NC(=S)NC(=O)c2ccc(Br)o2)cc1NC(=O)C1CC1. The number of thiocarbonyl (C=S) groups is 1. The highest BCUT2D eigenvalue weighted by molar-refractivity contribution is 9.10. The third-order valence-electron chi connectivity index (χ3n) is 3.73. The van der Waals surface area contributed by atoms with Crippen LogP contribution in [-0.2, 0) is 4.79 Å². The van der Waals surface area contributed by atoms with Gasteiger partial charge in [-0.1, -0.05) is 6.07 Å². The predicted octanol–water partition coefficient (Wildman–Crippen LogP) is 3.83. The Morgan fingerprint density at radius 3 is 2.60 bits per heavy atom. The van der Waals surface area contributed by atoms with E-state index in [2.05, 4.69) is 31.9 Å². The Labute approximate surface area is 158 Å². The molecule has 2 aromatic rings. The van der Waals surface area contributed by atoms with E-state index in [0.29, 0.717) is 10.4 Å². The number of carbonyl (C=O) groups excluding carboxylic acids is 2. The van der Waals surface area contributed by atoms with Gasteiger partial charge in [0.2, 0.25) is 5.91 Å². The minimum atomic E-state index is -0.447. The van der Waals surface area contributed by atoms with Crippen molar-refractivity contribution in [2.45, 2.75) is 19.8 Å². The van der Waals surface area contributed by atoms with Gasteiger partial charge in [-0.25, -0.2) is 0 Å². The molecule has 3 rings (SSSR count). The number of carbonyl (C=O) groups is 2. The van der Waals surface area contributed by atoms with Crippen LogP contribution in [0.5, 0.6) is 0 Å². The monoisotopic (exact) mass is 421 g/mol. The van der Waals surface area contributed by atoms with Crippen molar-refractivity contribution in [1.82, 2.24) is 5.32 Å². The van der Waals surface area contributed by atoms with Crippen LogP contribution in [0.15, 0.2) is 39.4 Å². The Morgan fingerprint density at radius 1 is 1.20 bits per heavy atom. The Morgan fingerprint density at radius 2 is 1.96 bits per heavy atom. The van der Waals surface area contributed by atoms with Crippen LogP contribution in [-0.4, -0.2) is 16.9 Å². The van der Waals surface area contributed by atoms with Crippen molar-refractivity contribution in [3.05, 3.63) is 46.3 Å². The highest BCUT2D eigenvalue weighted by Gasteiger charge is 2.29. The Hall–Kier alpha value is -2.19. The van der Waals surface area contributed by atoms with Gasteiger partial charge in [-0.05, 0) is 77.7 Å². The molecule has 2 amide bonds. The first-order valence-corrected chi connectivity index (χ1v) is 8.91. The van der Waals surface area contributed by atoms with Crippen molar-refractivity contribution < 1.29 is 14.0 Å². The van der Waals surface area contributed by atoms with Gasteiger partial charge < -0.3 is 15.1 Å². The highest BCUT2D eigenvalue weighted by atomic mass is 79.9. The van der Waals surface area contributed by atoms with Gasteiger partial charge >= 0.3 is 0 Å². The molecule has 0 aliphatic heterocycles. The van der Waals surface area contributed by atoms with E-state index in [1.54, 1.807) is 18.2 Å². The second kappa shape index (κ2) is 7.37. The fraction of sp³-hybridized carbons (Fsp3) is 0.235. The first-order valence-electron chi connectivity index (χ1n) is 7.71. The lowest BCUT2D eigenvalue weighted by Gasteiger charge is -2.13. The molecule has 0 saturated heterocycles. The van der Waals surface area contributed by atoms with Crippen molar-refractivity contribution in [1.29, 1.82) is 0 Å². The van der Waals surface area contributed by atoms with Crippen molar-refractivity contribution in [2.24, 2.45) is 5.92 Å². The molecule has 8 heteroatoms. The molecule has 1 aliphatic carbocycles. The molecule has 0 bridgehead atoms. The molecule has 0 atom stereocenters. The van der Waals surface area contributed by atoms with E-state index < -0.39 is 5.91 Å². The summed E-state index contributed by atoms with van der Waals surface area (Å²) in [7, 11) is 0. The molecule has 1 aromatic carbocycles. The van der Waals surface area contributed by atoms with Gasteiger partial charge in [-0.3, -0.25) is 14.9 Å². The van der Waals surface area contributed by atoms with Gasteiger partial charge in [0.05, 0.1) is 0 Å². The van der Waals surface area contributed by atoms with Crippen molar-refractivity contribution in [3.63, 3.8) is 0 Å². The lowest BCUT2D eigenvalue weighted by Crippen LogP contribution is -2.33. The number of rotatable bonds is 4. The van der Waals surface area contributed by atoms with E-state index in [-0.39, 0.29) is 22.7 Å². The molecule has 0 radical (unpaired) electrons. The van der Waals surface area contributed by atoms with Gasteiger partial charge in [0.15, 0.2) is 15.5 Å². The molecule has 1 aromatic heterocycles. The molecule has 1 heterocycles. The fourth-order valence-corrected chi connectivity index (χ4v) is 2.70. The zero-order chi connectivity index (χ0) is 18.0. The van der Waals surface area contributed by atoms with Gasteiger partial charge in [0, 0.05) is 17.3 Å². The number of anilines is 2. The van der Waals surface area contributed by atoms with Crippen molar-refractivity contribution in [2.75, 3.05) is 10.6 Å². The van der Waals surface area contributed by atoms with Crippen LogP contribution in [0.2, 0.25) is 0 Å². The zero-order valence-corrected chi connectivity index (χ0v) is 15.8. The summed E-state index contributed by atoms with van der Waals surface area (Å²) in [6.07, 6.45) is 1.89. The third-order valence-corrected chi connectivity index (χ3v) is 4.36. The van der Waals surface area contributed by atoms with Crippen LogP contribution in [0.25, 0.3) is 0 Å². The van der Waals surface area contributed by atoms with Crippen LogP contribution < -0.4 is 16.0 Å². The molecular weight excluding hydrogens is 406 g/mol. The number of aryl methyl sites for hydroxylation is 1. The van der Waals surface area contributed by atoms with Crippen LogP contribution in [0, 0.1) is 12.8 Å². The van der Waals surface area contributed by atoms with E-state index in [9.17, 15) is 9.59 Å². The normalized spacial score (nSPS) is 13.2. The van der Waals surface area contributed by atoms with Crippen molar-refractivity contribution >= 4 is 56.4 Å².